The van der Waals surface area contributed by atoms with Crippen LogP contribution in [0, 0.1) is 5.82 Å². The topological polar surface area (TPSA) is 72.1 Å². The van der Waals surface area contributed by atoms with Crippen molar-refractivity contribution < 1.29 is 18.0 Å². The van der Waals surface area contributed by atoms with Crippen LogP contribution in [-0.4, -0.2) is 21.1 Å². The molecule has 2 aromatic heterocycles. The quantitative estimate of drug-likeness (QED) is 0.633. The normalized spacial score (nSPS) is 14.6. The van der Waals surface area contributed by atoms with Gasteiger partial charge in [0.15, 0.2) is 6.17 Å². The number of rotatable bonds is 3. The van der Waals surface area contributed by atoms with Crippen molar-refractivity contribution in [1.29, 1.82) is 0 Å². The van der Waals surface area contributed by atoms with Crippen LogP contribution < -0.4 is 4.90 Å². The van der Waals surface area contributed by atoms with Crippen molar-refractivity contribution in [3.63, 3.8) is 0 Å². The molecule has 0 saturated heterocycles. The number of halogens is 3. The van der Waals surface area contributed by atoms with E-state index in [1.807, 2.05) is 0 Å². The molecule has 132 valence electrons. The molecule has 3 heterocycles. The number of hydrogen-bond donors (Lipinski definition) is 0. The molecule has 4 rings (SSSR count). The second-order valence-electron chi connectivity index (χ2n) is 5.77. The summed E-state index contributed by atoms with van der Waals surface area (Å²) in [4.78, 5) is 18.6. The van der Waals surface area contributed by atoms with E-state index in [1.54, 1.807) is 6.07 Å². The second kappa shape index (κ2) is 6.24. The number of aromatic nitrogens is 3. The standard InChI is InChI=1S/C17H11BrF2N4O2/c1-8(19)15-22-23-16(26-15)9-4-11-13(21-6-9)7-24(17(11)25)14-3-2-10(20)5-12(14)18/h2-6,8H,7H2,1H3. The van der Waals surface area contributed by atoms with Crippen LogP contribution in [0.15, 0.2) is 39.4 Å². The highest BCUT2D eigenvalue weighted by Gasteiger charge is 2.31. The summed E-state index contributed by atoms with van der Waals surface area (Å²) in [6, 6.07) is 5.69. The van der Waals surface area contributed by atoms with Crippen LogP contribution in [-0.2, 0) is 6.54 Å². The van der Waals surface area contributed by atoms with Gasteiger partial charge >= 0.3 is 0 Å². The van der Waals surface area contributed by atoms with E-state index >= 15 is 0 Å². The number of carbonyl (C=O) groups excluding carboxylic acids is 1. The molecular weight excluding hydrogens is 410 g/mol. The van der Waals surface area contributed by atoms with Gasteiger partial charge in [-0.15, -0.1) is 10.2 Å². The van der Waals surface area contributed by atoms with Crippen LogP contribution in [0.5, 0.6) is 0 Å². The van der Waals surface area contributed by atoms with E-state index in [2.05, 4.69) is 31.1 Å². The minimum absolute atomic E-state index is 0.0917. The van der Waals surface area contributed by atoms with Gasteiger partial charge in [-0.3, -0.25) is 9.78 Å². The lowest BCUT2D eigenvalue weighted by Crippen LogP contribution is -2.23. The molecule has 1 aliphatic rings. The van der Waals surface area contributed by atoms with E-state index in [4.69, 9.17) is 4.42 Å². The van der Waals surface area contributed by atoms with Crippen molar-refractivity contribution >= 4 is 27.5 Å². The molecule has 1 atom stereocenters. The van der Waals surface area contributed by atoms with E-state index < -0.39 is 12.0 Å². The minimum Gasteiger partial charge on any atom is -0.417 e. The van der Waals surface area contributed by atoms with Gasteiger partial charge in [-0.1, -0.05) is 0 Å². The summed E-state index contributed by atoms with van der Waals surface area (Å²) in [6.07, 6.45) is 0.113. The van der Waals surface area contributed by atoms with Crippen LogP contribution >= 0.6 is 15.9 Å². The van der Waals surface area contributed by atoms with Crippen LogP contribution in [0.25, 0.3) is 11.5 Å². The smallest absolute Gasteiger partial charge is 0.260 e. The molecule has 6 nitrogen and oxygen atoms in total. The first-order chi connectivity index (χ1) is 12.4. The molecule has 1 aliphatic heterocycles. The summed E-state index contributed by atoms with van der Waals surface area (Å²) < 4.78 is 32.3. The molecule has 0 radical (unpaired) electrons. The maximum Gasteiger partial charge on any atom is 0.260 e. The number of benzene rings is 1. The van der Waals surface area contributed by atoms with E-state index in [-0.39, 0.29) is 24.2 Å². The average molecular weight is 421 g/mol. The fourth-order valence-corrected chi connectivity index (χ4v) is 3.26. The van der Waals surface area contributed by atoms with Crippen molar-refractivity contribution in [2.45, 2.75) is 19.6 Å². The van der Waals surface area contributed by atoms with Crippen molar-refractivity contribution in [3.8, 4) is 11.5 Å². The van der Waals surface area contributed by atoms with Crippen molar-refractivity contribution in [2.75, 3.05) is 4.90 Å². The Morgan fingerprint density at radius 2 is 2.12 bits per heavy atom. The highest BCUT2D eigenvalue weighted by molar-refractivity contribution is 9.10. The Balaban J connectivity index is 1.68. The van der Waals surface area contributed by atoms with Gasteiger partial charge in [-0.2, -0.15) is 0 Å². The lowest BCUT2D eigenvalue weighted by molar-refractivity contribution is 0.0996. The third-order valence-corrected chi connectivity index (χ3v) is 4.62. The number of fused-ring (bicyclic) bond motifs is 1. The highest BCUT2D eigenvalue weighted by Crippen LogP contribution is 2.34. The Hall–Kier alpha value is -2.68. The van der Waals surface area contributed by atoms with Gasteiger partial charge in [0.05, 0.1) is 29.1 Å². The summed E-state index contributed by atoms with van der Waals surface area (Å²) in [7, 11) is 0. The Morgan fingerprint density at radius 1 is 1.31 bits per heavy atom. The fraction of sp³-hybridized carbons (Fsp3) is 0.176. The number of anilines is 1. The van der Waals surface area contributed by atoms with Gasteiger partial charge in [-0.05, 0) is 47.1 Å². The van der Waals surface area contributed by atoms with Gasteiger partial charge in [0.1, 0.15) is 5.82 Å². The van der Waals surface area contributed by atoms with Gasteiger partial charge in [0, 0.05) is 10.7 Å². The van der Waals surface area contributed by atoms with Crippen molar-refractivity contribution in [3.05, 3.63) is 57.9 Å². The zero-order chi connectivity index (χ0) is 18.4. The van der Waals surface area contributed by atoms with E-state index in [1.165, 1.54) is 36.2 Å². The summed E-state index contributed by atoms with van der Waals surface area (Å²) >= 11 is 3.27. The van der Waals surface area contributed by atoms with Crippen LogP contribution in [0.1, 0.15) is 35.0 Å². The molecule has 0 fully saturated rings. The molecular formula is C17H11BrF2N4O2. The zero-order valence-corrected chi connectivity index (χ0v) is 15.0. The second-order valence-corrected chi connectivity index (χ2v) is 6.62. The molecule has 26 heavy (non-hydrogen) atoms. The summed E-state index contributed by atoms with van der Waals surface area (Å²) in [5.41, 5.74) is 1.93. The van der Waals surface area contributed by atoms with Crippen LogP contribution in [0.4, 0.5) is 14.5 Å². The monoisotopic (exact) mass is 420 g/mol. The number of pyridine rings is 1. The third-order valence-electron chi connectivity index (χ3n) is 3.98. The number of nitrogens with zero attached hydrogens (tertiary/aromatic N) is 4. The summed E-state index contributed by atoms with van der Waals surface area (Å²) in [5, 5.41) is 7.42. The van der Waals surface area contributed by atoms with Gasteiger partial charge in [0.25, 0.3) is 11.8 Å². The molecule has 0 bridgehead atoms. The first-order valence-electron chi connectivity index (χ1n) is 7.67. The first kappa shape index (κ1) is 16.8. The number of carbonyl (C=O) groups is 1. The Bertz CT molecular complexity index is 1020. The molecule has 1 unspecified atom stereocenters. The SMILES string of the molecule is CC(F)c1nnc(-c2cnc3c(c2)C(=O)N(c2ccc(F)cc2Br)C3)o1. The number of alkyl halides is 1. The van der Waals surface area contributed by atoms with Gasteiger partial charge in [-0.25, -0.2) is 8.78 Å². The van der Waals surface area contributed by atoms with E-state index in [9.17, 15) is 13.6 Å². The molecule has 0 aliphatic carbocycles. The largest absolute Gasteiger partial charge is 0.417 e. The average Bonchev–Trinajstić information content (AvgIpc) is 3.21. The molecule has 0 saturated carbocycles. The van der Waals surface area contributed by atoms with Gasteiger partial charge < -0.3 is 9.32 Å². The maximum absolute atomic E-state index is 13.3. The summed E-state index contributed by atoms with van der Waals surface area (Å²) in [6.45, 7) is 1.55. The van der Waals surface area contributed by atoms with Crippen LogP contribution in [0.3, 0.4) is 0 Å². The lowest BCUT2D eigenvalue weighted by atomic mass is 10.1. The summed E-state index contributed by atoms with van der Waals surface area (Å²) in [5.74, 6) is -0.725. The number of hydrogen-bond acceptors (Lipinski definition) is 5. The van der Waals surface area contributed by atoms with Crippen molar-refractivity contribution in [1.82, 2.24) is 15.2 Å². The number of amides is 1. The Labute approximate surface area is 155 Å². The lowest BCUT2D eigenvalue weighted by Gasteiger charge is -2.17. The fourth-order valence-electron chi connectivity index (χ4n) is 2.69. The van der Waals surface area contributed by atoms with E-state index in [0.29, 0.717) is 27.0 Å². The Morgan fingerprint density at radius 3 is 2.81 bits per heavy atom. The molecule has 9 heteroatoms. The van der Waals surface area contributed by atoms with Gasteiger partial charge in [0.2, 0.25) is 5.89 Å². The van der Waals surface area contributed by atoms with Crippen LogP contribution in [0.2, 0.25) is 0 Å². The van der Waals surface area contributed by atoms with Crippen molar-refractivity contribution in [2.24, 2.45) is 0 Å². The molecule has 0 N–H and O–H groups in total. The Kier molecular flexibility index (Phi) is 4.03. The molecule has 1 aromatic carbocycles. The zero-order valence-electron chi connectivity index (χ0n) is 13.4. The molecule has 0 spiro atoms. The minimum atomic E-state index is -1.38. The molecule has 1 amide bonds. The van der Waals surface area contributed by atoms with E-state index in [0.717, 1.165) is 0 Å². The first-order valence-corrected chi connectivity index (χ1v) is 8.47. The maximum atomic E-state index is 13.3. The third kappa shape index (κ3) is 2.78. The highest BCUT2D eigenvalue weighted by atomic mass is 79.9. The molecule has 3 aromatic rings. The predicted octanol–water partition coefficient (Wildman–Crippen LogP) is 4.22. The predicted molar refractivity (Wildman–Crippen MR) is 91.7 cm³/mol.